The number of benzene rings is 2. The molecular formula is C17H18BrNO2. The third-order valence-electron chi connectivity index (χ3n) is 3.15. The lowest BCUT2D eigenvalue weighted by Gasteiger charge is -2.19. The number of hydrogen-bond donors (Lipinski definition) is 1. The summed E-state index contributed by atoms with van der Waals surface area (Å²) in [6, 6.07) is 17.2. The minimum absolute atomic E-state index is 0.0466. The van der Waals surface area contributed by atoms with Crippen LogP contribution >= 0.6 is 15.9 Å². The number of rotatable bonds is 5. The molecule has 0 saturated carbocycles. The molecule has 0 radical (unpaired) electrons. The fraction of sp³-hybridized carbons (Fsp3) is 0.235. The van der Waals surface area contributed by atoms with Crippen LogP contribution in [0.4, 0.5) is 0 Å². The fourth-order valence-electron chi connectivity index (χ4n) is 1.93. The maximum atomic E-state index is 12.2. The highest BCUT2D eigenvalue weighted by Gasteiger charge is 2.17. The fourth-order valence-corrected chi connectivity index (χ4v) is 2.19. The van der Waals surface area contributed by atoms with Gasteiger partial charge in [0.1, 0.15) is 5.75 Å². The highest BCUT2D eigenvalue weighted by atomic mass is 79.9. The van der Waals surface area contributed by atoms with E-state index in [0.717, 1.165) is 10.0 Å². The first kappa shape index (κ1) is 15.6. The van der Waals surface area contributed by atoms with Crippen LogP contribution in [0.3, 0.4) is 0 Å². The first-order chi connectivity index (χ1) is 10.1. The molecule has 110 valence electrons. The molecule has 2 atom stereocenters. The molecule has 1 N–H and O–H groups in total. The van der Waals surface area contributed by atoms with E-state index in [1.165, 1.54) is 0 Å². The van der Waals surface area contributed by atoms with Crippen LogP contribution in [0.5, 0.6) is 5.75 Å². The summed E-state index contributed by atoms with van der Waals surface area (Å²) in [6.45, 7) is 3.70. The van der Waals surface area contributed by atoms with E-state index < -0.39 is 6.10 Å². The molecule has 0 saturated heterocycles. The number of halogens is 1. The van der Waals surface area contributed by atoms with Crippen molar-refractivity contribution in [3.8, 4) is 5.75 Å². The number of carbonyl (C=O) groups is 1. The molecule has 4 heteroatoms. The van der Waals surface area contributed by atoms with Crippen molar-refractivity contribution in [2.45, 2.75) is 26.0 Å². The standard InChI is InChI=1S/C17H18BrNO2/c1-12(14-6-4-3-5-7-14)19-17(20)13(2)21-16-10-8-15(18)9-11-16/h3-13H,1-2H3,(H,19,20)/t12-,13-/m1/s1. The monoisotopic (exact) mass is 347 g/mol. The van der Waals surface area contributed by atoms with Gasteiger partial charge in [0.25, 0.3) is 5.91 Å². The van der Waals surface area contributed by atoms with Crippen molar-refractivity contribution in [3.05, 3.63) is 64.6 Å². The second-order valence-electron chi connectivity index (χ2n) is 4.85. The van der Waals surface area contributed by atoms with Gasteiger partial charge in [-0.3, -0.25) is 4.79 Å². The summed E-state index contributed by atoms with van der Waals surface area (Å²) in [7, 11) is 0. The first-order valence-corrected chi connectivity index (χ1v) is 7.63. The number of amides is 1. The Morgan fingerprint density at radius 2 is 1.67 bits per heavy atom. The van der Waals surface area contributed by atoms with Crippen molar-refractivity contribution in [2.75, 3.05) is 0 Å². The highest BCUT2D eigenvalue weighted by molar-refractivity contribution is 9.10. The van der Waals surface area contributed by atoms with Crippen molar-refractivity contribution < 1.29 is 9.53 Å². The molecule has 0 spiro atoms. The summed E-state index contributed by atoms with van der Waals surface area (Å²) in [5.74, 6) is 0.544. The molecule has 0 aliphatic rings. The Labute approximate surface area is 133 Å². The van der Waals surface area contributed by atoms with E-state index in [1.54, 1.807) is 6.92 Å². The smallest absolute Gasteiger partial charge is 0.261 e. The van der Waals surface area contributed by atoms with E-state index in [2.05, 4.69) is 21.2 Å². The molecule has 0 unspecified atom stereocenters. The summed E-state index contributed by atoms with van der Waals surface area (Å²) in [4.78, 5) is 12.2. The molecule has 2 rings (SSSR count). The van der Waals surface area contributed by atoms with Gasteiger partial charge in [-0.25, -0.2) is 0 Å². The Morgan fingerprint density at radius 3 is 2.29 bits per heavy atom. The van der Waals surface area contributed by atoms with Gasteiger partial charge >= 0.3 is 0 Å². The van der Waals surface area contributed by atoms with Gasteiger partial charge < -0.3 is 10.1 Å². The molecule has 0 aliphatic carbocycles. The first-order valence-electron chi connectivity index (χ1n) is 6.84. The second kappa shape index (κ2) is 7.27. The zero-order valence-electron chi connectivity index (χ0n) is 12.0. The lowest BCUT2D eigenvalue weighted by molar-refractivity contribution is -0.127. The van der Waals surface area contributed by atoms with Crippen LogP contribution < -0.4 is 10.1 Å². The van der Waals surface area contributed by atoms with Crippen LogP contribution in [-0.4, -0.2) is 12.0 Å². The second-order valence-corrected chi connectivity index (χ2v) is 5.77. The quantitative estimate of drug-likeness (QED) is 0.884. The summed E-state index contributed by atoms with van der Waals surface area (Å²) in [5.41, 5.74) is 1.07. The van der Waals surface area contributed by atoms with E-state index in [-0.39, 0.29) is 11.9 Å². The molecule has 0 fully saturated rings. The van der Waals surface area contributed by atoms with Crippen molar-refractivity contribution >= 4 is 21.8 Å². The summed E-state index contributed by atoms with van der Waals surface area (Å²) < 4.78 is 6.61. The molecule has 0 aromatic heterocycles. The van der Waals surface area contributed by atoms with Gasteiger partial charge in [0.05, 0.1) is 6.04 Å². The topological polar surface area (TPSA) is 38.3 Å². The van der Waals surface area contributed by atoms with Gasteiger partial charge in [-0.15, -0.1) is 0 Å². The van der Waals surface area contributed by atoms with Crippen LogP contribution in [0.1, 0.15) is 25.5 Å². The van der Waals surface area contributed by atoms with Gasteiger partial charge in [0.15, 0.2) is 6.10 Å². The predicted octanol–water partition coefficient (Wildman–Crippen LogP) is 4.09. The Morgan fingerprint density at radius 1 is 1.05 bits per heavy atom. The van der Waals surface area contributed by atoms with Crippen LogP contribution in [0.25, 0.3) is 0 Å². The lowest BCUT2D eigenvalue weighted by Crippen LogP contribution is -2.37. The molecular weight excluding hydrogens is 330 g/mol. The number of nitrogens with one attached hydrogen (secondary N) is 1. The van der Waals surface area contributed by atoms with Crippen LogP contribution in [0, 0.1) is 0 Å². The van der Waals surface area contributed by atoms with E-state index in [9.17, 15) is 4.79 Å². The summed E-state index contributed by atoms with van der Waals surface area (Å²) in [6.07, 6.45) is -0.544. The Balaban J connectivity index is 1.92. The molecule has 0 bridgehead atoms. The lowest BCUT2D eigenvalue weighted by atomic mass is 10.1. The normalized spacial score (nSPS) is 13.3. The zero-order valence-corrected chi connectivity index (χ0v) is 13.6. The van der Waals surface area contributed by atoms with Crippen LogP contribution in [0.15, 0.2) is 59.1 Å². The van der Waals surface area contributed by atoms with Crippen LogP contribution in [-0.2, 0) is 4.79 Å². The molecule has 0 heterocycles. The minimum Gasteiger partial charge on any atom is -0.481 e. The third-order valence-corrected chi connectivity index (χ3v) is 3.68. The highest BCUT2D eigenvalue weighted by Crippen LogP contribution is 2.18. The van der Waals surface area contributed by atoms with Crippen LogP contribution in [0.2, 0.25) is 0 Å². The van der Waals surface area contributed by atoms with E-state index in [0.29, 0.717) is 5.75 Å². The maximum Gasteiger partial charge on any atom is 0.261 e. The number of hydrogen-bond acceptors (Lipinski definition) is 2. The van der Waals surface area contributed by atoms with Gasteiger partial charge in [-0.1, -0.05) is 46.3 Å². The molecule has 0 aliphatic heterocycles. The summed E-state index contributed by atoms with van der Waals surface area (Å²) >= 11 is 3.36. The van der Waals surface area contributed by atoms with E-state index >= 15 is 0 Å². The molecule has 2 aromatic carbocycles. The van der Waals surface area contributed by atoms with Gasteiger partial charge in [0, 0.05) is 4.47 Å². The molecule has 1 amide bonds. The number of ether oxygens (including phenoxy) is 1. The van der Waals surface area contributed by atoms with Crippen molar-refractivity contribution in [3.63, 3.8) is 0 Å². The van der Waals surface area contributed by atoms with Crippen molar-refractivity contribution in [1.29, 1.82) is 0 Å². The maximum absolute atomic E-state index is 12.2. The third kappa shape index (κ3) is 4.60. The van der Waals surface area contributed by atoms with Gasteiger partial charge in [0.2, 0.25) is 0 Å². The molecule has 2 aromatic rings. The van der Waals surface area contributed by atoms with Gasteiger partial charge in [-0.2, -0.15) is 0 Å². The average molecular weight is 348 g/mol. The zero-order chi connectivity index (χ0) is 15.2. The Kier molecular flexibility index (Phi) is 5.39. The van der Waals surface area contributed by atoms with Gasteiger partial charge in [-0.05, 0) is 43.7 Å². The SMILES string of the molecule is C[C@@H](Oc1ccc(Br)cc1)C(=O)N[C@H](C)c1ccccc1. The van der Waals surface area contributed by atoms with E-state index in [4.69, 9.17) is 4.74 Å². The Bertz CT molecular complexity index is 583. The number of carbonyl (C=O) groups excluding carboxylic acids is 1. The largest absolute Gasteiger partial charge is 0.481 e. The minimum atomic E-state index is -0.544. The molecule has 3 nitrogen and oxygen atoms in total. The van der Waals surface area contributed by atoms with Crippen molar-refractivity contribution in [2.24, 2.45) is 0 Å². The van der Waals surface area contributed by atoms with Crippen molar-refractivity contribution in [1.82, 2.24) is 5.32 Å². The summed E-state index contributed by atoms with van der Waals surface area (Å²) in [5, 5.41) is 2.95. The van der Waals surface area contributed by atoms with E-state index in [1.807, 2.05) is 61.5 Å². The Hall–Kier alpha value is -1.81. The predicted molar refractivity (Wildman–Crippen MR) is 87.2 cm³/mol. The molecule has 21 heavy (non-hydrogen) atoms. The average Bonchev–Trinajstić information content (AvgIpc) is 2.50.